The molecule has 0 radical (unpaired) electrons. The van der Waals surface area contributed by atoms with Gasteiger partial charge in [0.05, 0.1) is 24.2 Å². The zero-order chi connectivity index (χ0) is 14.4. The van der Waals surface area contributed by atoms with Gasteiger partial charge in [-0.15, -0.1) is 0 Å². The second-order valence-corrected chi connectivity index (χ2v) is 3.27. The number of rotatable bonds is 5. The van der Waals surface area contributed by atoms with E-state index < -0.39 is 22.3 Å². The zero-order valence-corrected chi connectivity index (χ0v) is 14.4. The molecule has 0 atom stereocenters. The Hall–Kier alpha value is -1.00. The Bertz CT molecular complexity index is 532. The molecular formula is C11H11KN2O6. The summed E-state index contributed by atoms with van der Waals surface area (Å²) in [6, 6.07) is 1.19. The van der Waals surface area contributed by atoms with E-state index in [-0.39, 0.29) is 69.4 Å². The molecule has 9 heteroatoms. The number of nitro groups is 1. The quantitative estimate of drug-likeness (QED) is 0.145. The van der Waals surface area contributed by atoms with Crippen molar-refractivity contribution in [1.29, 1.82) is 0 Å². The first-order valence-corrected chi connectivity index (χ1v) is 5.23. The van der Waals surface area contributed by atoms with Gasteiger partial charge < -0.3 is 14.6 Å². The fourth-order valence-corrected chi connectivity index (χ4v) is 1.23. The largest absolute Gasteiger partial charge is 1.00 e. The number of carbonyl (C=O) groups is 1. The molecule has 8 nitrogen and oxygen atoms in total. The van der Waals surface area contributed by atoms with E-state index in [0.29, 0.717) is 0 Å². The maximum absolute atomic E-state index is 11.5. The van der Waals surface area contributed by atoms with Crippen LogP contribution in [0.1, 0.15) is 12.5 Å². The Balaban J connectivity index is 0.00000361. The van der Waals surface area contributed by atoms with E-state index in [1.807, 2.05) is 0 Å². The van der Waals surface area contributed by atoms with Gasteiger partial charge in [-0.2, -0.15) is 0 Å². The van der Waals surface area contributed by atoms with E-state index in [0.717, 1.165) is 12.3 Å². The summed E-state index contributed by atoms with van der Waals surface area (Å²) < 4.78 is 9.29. The van der Waals surface area contributed by atoms with Crippen molar-refractivity contribution in [2.45, 2.75) is 6.92 Å². The molecule has 0 unspecified atom stereocenters. The Labute approximate surface area is 157 Å². The van der Waals surface area contributed by atoms with E-state index in [1.165, 1.54) is 13.2 Å². The van der Waals surface area contributed by atoms with Crippen LogP contribution in [0.5, 0.6) is 5.88 Å². The summed E-state index contributed by atoms with van der Waals surface area (Å²) in [6.07, 6.45) is 1.77. The number of methoxy groups -OCH3 is 1. The average Bonchev–Trinajstić information content (AvgIpc) is 2.38. The molecule has 1 rings (SSSR count). The number of ether oxygens (including phenoxy) is 2. The standard InChI is InChI=1S/C11H12N2O6.K/c1-3-19-11(15)9(14)4-7-5-10(18-2)12-6-8(7)13(16)17;/h4-6,14H,3H2,1-2H3;/q;+1/p-1/b9-4+;. The van der Waals surface area contributed by atoms with Gasteiger partial charge in [-0.05, 0) is 18.8 Å². The molecule has 0 amide bonds. The Morgan fingerprint density at radius 2 is 2.20 bits per heavy atom. The minimum absolute atomic E-state index is 0. The molecule has 0 aromatic carbocycles. The van der Waals surface area contributed by atoms with Crippen molar-refractivity contribution in [3.63, 3.8) is 0 Å². The van der Waals surface area contributed by atoms with Crippen molar-refractivity contribution in [2.24, 2.45) is 0 Å². The zero-order valence-electron chi connectivity index (χ0n) is 11.3. The summed E-state index contributed by atoms with van der Waals surface area (Å²) in [7, 11) is 1.32. The van der Waals surface area contributed by atoms with E-state index in [4.69, 9.17) is 4.74 Å². The minimum atomic E-state index is -1.08. The fraction of sp³-hybridized carbons (Fsp3) is 0.273. The molecule has 1 aromatic rings. The van der Waals surface area contributed by atoms with Crippen LogP contribution in [0.4, 0.5) is 5.69 Å². The fourth-order valence-electron chi connectivity index (χ4n) is 1.23. The number of pyridine rings is 1. The van der Waals surface area contributed by atoms with Gasteiger partial charge in [0, 0.05) is 6.07 Å². The SMILES string of the molecule is CCOC(=O)/C([O-])=C\c1cc(OC)ncc1[N+](=O)[O-].[K+]. The van der Waals surface area contributed by atoms with Crippen molar-refractivity contribution in [1.82, 2.24) is 4.98 Å². The number of esters is 1. The molecule has 1 heterocycles. The Morgan fingerprint density at radius 3 is 2.70 bits per heavy atom. The maximum Gasteiger partial charge on any atom is 1.00 e. The van der Waals surface area contributed by atoms with Crippen molar-refractivity contribution in [3.8, 4) is 5.88 Å². The monoisotopic (exact) mass is 306 g/mol. The van der Waals surface area contributed by atoms with Crippen LogP contribution in [-0.4, -0.2) is 29.6 Å². The molecular weight excluding hydrogens is 295 g/mol. The van der Waals surface area contributed by atoms with Crippen molar-refractivity contribution >= 4 is 17.7 Å². The van der Waals surface area contributed by atoms with Gasteiger partial charge in [-0.25, -0.2) is 9.78 Å². The third-order valence-electron chi connectivity index (χ3n) is 2.06. The molecule has 0 aliphatic rings. The number of hydrogen-bond donors (Lipinski definition) is 0. The molecule has 0 N–H and O–H groups in total. The number of carbonyl (C=O) groups excluding carboxylic acids is 1. The van der Waals surface area contributed by atoms with Crippen LogP contribution in [0.3, 0.4) is 0 Å². The molecule has 0 saturated heterocycles. The van der Waals surface area contributed by atoms with E-state index in [1.54, 1.807) is 6.92 Å². The van der Waals surface area contributed by atoms with Crippen LogP contribution in [0, 0.1) is 10.1 Å². The molecule has 0 aliphatic heterocycles. The van der Waals surface area contributed by atoms with Crippen LogP contribution in [-0.2, 0) is 9.53 Å². The summed E-state index contributed by atoms with van der Waals surface area (Å²) in [5, 5.41) is 22.2. The number of nitrogens with zero attached hydrogens (tertiary/aromatic N) is 2. The smallest absolute Gasteiger partial charge is 0.868 e. The average molecular weight is 306 g/mol. The molecule has 20 heavy (non-hydrogen) atoms. The summed E-state index contributed by atoms with van der Waals surface area (Å²) in [4.78, 5) is 24.9. The summed E-state index contributed by atoms with van der Waals surface area (Å²) in [6.45, 7) is 1.59. The predicted octanol–water partition coefficient (Wildman–Crippen LogP) is -2.73. The number of hydrogen-bond acceptors (Lipinski definition) is 7. The second kappa shape index (κ2) is 9.03. The minimum Gasteiger partial charge on any atom is -0.868 e. The van der Waals surface area contributed by atoms with E-state index in [2.05, 4.69) is 9.72 Å². The second-order valence-electron chi connectivity index (χ2n) is 3.27. The normalized spacial score (nSPS) is 10.4. The van der Waals surface area contributed by atoms with Crippen LogP contribution in [0.15, 0.2) is 18.0 Å². The first-order valence-electron chi connectivity index (χ1n) is 5.23. The third kappa shape index (κ3) is 5.17. The molecule has 0 fully saturated rings. The molecule has 102 valence electrons. The van der Waals surface area contributed by atoms with Crippen LogP contribution in [0.2, 0.25) is 0 Å². The summed E-state index contributed by atoms with van der Waals surface area (Å²) in [5.74, 6) is -1.97. The number of aromatic nitrogens is 1. The van der Waals surface area contributed by atoms with Crippen LogP contribution in [0.25, 0.3) is 6.08 Å². The molecule has 1 aromatic heterocycles. The van der Waals surface area contributed by atoms with Gasteiger partial charge in [-0.3, -0.25) is 10.1 Å². The summed E-state index contributed by atoms with van der Waals surface area (Å²) in [5.41, 5.74) is -0.478. The molecule has 0 saturated carbocycles. The Morgan fingerprint density at radius 1 is 1.55 bits per heavy atom. The van der Waals surface area contributed by atoms with Crippen molar-refractivity contribution in [3.05, 3.63) is 33.7 Å². The molecule has 0 bridgehead atoms. The Kier molecular flexibility index (Phi) is 8.58. The van der Waals surface area contributed by atoms with E-state index >= 15 is 0 Å². The van der Waals surface area contributed by atoms with Gasteiger partial charge in [-0.1, -0.05) is 0 Å². The maximum atomic E-state index is 11.5. The van der Waals surface area contributed by atoms with Crippen LogP contribution < -0.4 is 61.2 Å². The van der Waals surface area contributed by atoms with Gasteiger partial charge in [0.15, 0.2) is 0 Å². The van der Waals surface area contributed by atoms with Gasteiger partial charge >= 0.3 is 57.4 Å². The summed E-state index contributed by atoms with van der Waals surface area (Å²) >= 11 is 0. The third-order valence-corrected chi connectivity index (χ3v) is 2.06. The van der Waals surface area contributed by atoms with Crippen molar-refractivity contribution in [2.75, 3.05) is 13.7 Å². The van der Waals surface area contributed by atoms with Crippen molar-refractivity contribution < 1.29 is 75.7 Å². The molecule has 0 spiro atoms. The predicted molar refractivity (Wildman–Crippen MR) is 62.1 cm³/mol. The topological polar surface area (TPSA) is 115 Å². The van der Waals surface area contributed by atoms with Crippen LogP contribution >= 0.6 is 0 Å². The van der Waals surface area contributed by atoms with Gasteiger partial charge in [0.2, 0.25) is 5.88 Å². The first-order chi connectivity index (χ1) is 8.99. The van der Waals surface area contributed by atoms with Gasteiger partial charge in [0.1, 0.15) is 6.20 Å². The molecule has 0 aliphatic carbocycles. The van der Waals surface area contributed by atoms with E-state index in [9.17, 15) is 20.0 Å². The van der Waals surface area contributed by atoms with Gasteiger partial charge in [0.25, 0.3) is 5.69 Å². The first kappa shape index (κ1) is 19.0.